The Balaban J connectivity index is 1.58. The summed E-state index contributed by atoms with van der Waals surface area (Å²) in [6.07, 6.45) is 3.65. The first-order chi connectivity index (χ1) is 9.42. The van der Waals surface area contributed by atoms with Gasteiger partial charge in [-0.1, -0.05) is 36.4 Å². The Morgan fingerprint density at radius 2 is 2.05 bits per heavy atom. The molecule has 0 spiro atoms. The predicted molar refractivity (Wildman–Crippen MR) is 75.8 cm³/mol. The Morgan fingerprint density at radius 1 is 1.16 bits per heavy atom. The lowest BCUT2D eigenvalue weighted by atomic mass is 10.2. The van der Waals surface area contributed by atoms with Crippen LogP contribution in [0.2, 0.25) is 0 Å². The second kappa shape index (κ2) is 5.48. The van der Waals surface area contributed by atoms with Crippen molar-refractivity contribution in [2.24, 2.45) is 0 Å². The van der Waals surface area contributed by atoms with E-state index in [1.54, 1.807) is 6.26 Å². The van der Waals surface area contributed by atoms with Crippen LogP contribution in [0.25, 0.3) is 6.08 Å². The van der Waals surface area contributed by atoms with E-state index in [-0.39, 0.29) is 0 Å². The van der Waals surface area contributed by atoms with Gasteiger partial charge in [0.15, 0.2) is 6.73 Å². The molecule has 0 amide bonds. The van der Waals surface area contributed by atoms with Gasteiger partial charge in [-0.2, -0.15) is 0 Å². The molecule has 0 aromatic heterocycles. The standard InChI is InChI=1S/C16H15NO2/c1-2-4-14(5-3-1)11-18-9-8-13-6-7-15-16(10-13)19-12-17-15/h1-10,17H,11-12H2. The van der Waals surface area contributed by atoms with E-state index in [2.05, 4.69) is 5.32 Å². The third-order valence-corrected chi connectivity index (χ3v) is 2.95. The second-order valence-electron chi connectivity index (χ2n) is 4.32. The van der Waals surface area contributed by atoms with E-state index in [4.69, 9.17) is 9.47 Å². The summed E-state index contributed by atoms with van der Waals surface area (Å²) in [7, 11) is 0. The van der Waals surface area contributed by atoms with Crippen LogP contribution in [-0.2, 0) is 11.3 Å². The number of fused-ring (bicyclic) bond motifs is 1. The highest BCUT2D eigenvalue weighted by Crippen LogP contribution is 2.30. The Bertz CT molecular complexity index is 579. The minimum Gasteiger partial charge on any atom is -0.496 e. The molecule has 0 fully saturated rings. The summed E-state index contributed by atoms with van der Waals surface area (Å²) in [5, 5.41) is 3.14. The third kappa shape index (κ3) is 2.88. The fourth-order valence-electron chi connectivity index (χ4n) is 1.94. The van der Waals surface area contributed by atoms with Crippen LogP contribution in [0.15, 0.2) is 54.8 Å². The normalized spacial score (nSPS) is 12.8. The maximum atomic E-state index is 5.51. The van der Waals surface area contributed by atoms with Crippen molar-refractivity contribution in [2.75, 3.05) is 12.0 Å². The van der Waals surface area contributed by atoms with E-state index < -0.39 is 0 Å². The molecule has 3 heteroatoms. The minimum absolute atomic E-state index is 0.549. The Morgan fingerprint density at radius 3 is 2.95 bits per heavy atom. The number of hydrogen-bond donors (Lipinski definition) is 1. The van der Waals surface area contributed by atoms with E-state index >= 15 is 0 Å². The van der Waals surface area contributed by atoms with Gasteiger partial charge in [-0.05, 0) is 29.3 Å². The van der Waals surface area contributed by atoms with Crippen molar-refractivity contribution in [3.05, 3.63) is 65.9 Å². The highest BCUT2D eigenvalue weighted by molar-refractivity contribution is 5.64. The Labute approximate surface area is 112 Å². The van der Waals surface area contributed by atoms with E-state index in [0.717, 1.165) is 22.6 Å². The molecule has 2 aromatic rings. The first-order valence-electron chi connectivity index (χ1n) is 6.25. The maximum absolute atomic E-state index is 5.51. The number of ether oxygens (including phenoxy) is 2. The lowest BCUT2D eigenvalue weighted by Gasteiger charge is -2.01. The molecule has 2 aromatic carbocycles. The zero-order valence-electron chi connectivity index (χ0n) is 10.5. The van der Waals surface area contributed by atoms with Crippen molar-refractivity contribution in [2.45, 2.75) is 6.61 Å². The van der Waals surface area contributed by atoms with Crippen LogP contribution in [0.1, 0.15) is 11.1 Å². The van der Waals surface area contributed by atoms with Crippen LogP contribution in [-0.4, -0.2) is 6.73 Å². The van der Waals surface area contributed by atoms with Crippen LogP contribution in [0.4, 0.5) is 5.69 Å². The molecule has 3 nitrogen and oxygen atoms in total. The molecule has 0 saturated heterocycles. The van der Waals surface area contributed by atoms with Gasteiger partial charge in [-0.3, -0.25) is 0 Å². The molecule has 1 N–H and O–H groups in total. The average molecular weight is 253 g/mol. The first kappa shape index (κ1) is 11.7. The third-order valence-electron chi connectivity index (χ3n) is 2.95. The summed E-state index contributed by atoms with van der Waals surface area (Å²) in [5.41, 5.74) is 3.27. The first-order valence-corrected chi connectivity index (χ1v) is 6.25. The van der Waals surface area contributed by atoms with Gasteiger partial charge in [0.1, 0.15) is 12.4 Å². The van der Waals surface area contributed by atoms with Crippen LogP contribution < -0.4 is 10.1 Å². The van der Waals surface area contributed by atoms with Gasteiger partial charge in [-0.25, -0.2) is 0 Å². The molecule has 0 bridgehead atoms. The van der Waals surface area contributed by atoms with E-state index in [1.807, 2.05) is 54.6 Å². The molecule has 0 atom stereocenters. The molecular weight excluding hydrogens is 238 g/mol. The monoisotopic (exact) mass is 253 g/mol. The molecule has 19 heavy (non-hydrogen) atoms. The maximum Gasteiger partial charge on any atom is 0.159 e. The zero-order chi connectivity index (χ0) is 12.9. The SMILES string of the molecule is C(=Cc1ccc2c(c1)OCN2)OCc1ccccc1. The topological polar surface area (TPSA) is 30.5 Å². The minimum atomic E-state index is 0.549. The average Bonchev–Trinajstić information content (AvgIpc) is 2.92. The summed E-state index contributed by atoms with van der Waals surface area (Å²) in [5.74, 6) is 0.894. The van der Waals surface area contributed by atoms with Gasteiger partial charge < -0.3 is 14.8 Å². The number of anilines is 1. The molecular formula is C16H15NO2. The smallest absolute Gasteiger partial charge is 0.159 e. The Kier molecular flexibility index (Phi) is 3.36. The summed E-state index contributed by atoms with van der Waals surface area (Å²) < 4.78 is 10.9. The van der Waals surface area contributed by atoms with E-state index in [0.29, 0.717) is 13.3 Å². The lowest BCUT2D eigenvalue weighted by Crippen LogP contribution is -1.96. The van der Waals surface area contributed by atoms with Crippen molar-refractivity contribution < 1.29 is 9.47 Å². The fraction of sp³-hybridized carbons (Fsp3) is 0.125. The largest absolute Gasteiger partial charge is 0.496 e. The van der Waals surface area contributed by atoms with Gasteiger partial charge >= 0.3 is 0 Å². The summed E-state index contributed by atoms with van der Waals surface area (Å²) in [4.78, 5) is 0. The predicted octanol–water partition coefficient (Wildman–Crippen LogP) is 3.64. The summed E-state index contributed by atoms with van der Waals surface area (Å²) in [6.45, 7) is 1.13. The number of nitrogens with one attached hydrogen (secondary N) is 1. The molecule has 1 aliphatic heterocycles. The Hall–Kier alpha value is -2.42. The van der Waals surface area contributed by atoms with Crippen LogP contribution in [0.3, 0.4) is 0 Å². The summed E-state index contributed by atoms with van der Waals surface area (Å²) in [6, 6.07) is 16.1. The summed E-state index contributed by atoms with van der Waals surface area (Å²) >= 11 is 0. The molecule has 1 heterocycles. The van der Waals surface area contributed by atoms with E-state index in [9.17, 15) is 0 Å². The molecule has 0 radical (unpaired) electrons. The molecule has 0 aliphatic carbocycles. The molecule has 1 aliphatic rings. The van der Waals surface area contributed by atoms with Crippen molar-refractivity contribution >= 4 is 11.8 Å². The fourth-order valence-corrected chi connectivity index (χ4v) is 1.94. The van der Waals surface area contributed by atoms with Crippen molar-refractivity contribution in [1.29, 1.82) is 0 Å². The number of benzene rings is 2. The van der Waals surface area contributed by atoms with Crippen molar-refractivity contribution in [3.8, 4) is 5.75 Å². The van der Waals surface area contributed by atoms with Gasteiger partial charge in [0.05, 0.1) is 11.9 Å². The van der Waals surface area contributed by atoms with Crippen LogP contribution >= 0.6 is 0 Å². The van der Waals surface area contributed by atoms with Gasteiger partial charge in [0, 0.05) is 0 Å². The van der Waals surface area contributed by atoms with Crippen LogP contribution in [0.5, 0.6) is 5.75 Å². The van der Waals surface area contributed by atoms with Gasteiger partial charge in [0.25, 0.3) is 0 Å². The van der Waals surface area contributed by atoms with Gasteiger partial charge in [0.2, 0.25) is 0 Å². The van der Waals surface area contributed by atoms with E-state index in [1.165, 1.54) is 0 Å². The highest BCUT2D eigenvalue weighted by Gasteiger charge is 2.09. The number of rotatable bonds is 4. The molecule has 3 rings (SSSR count). The molecule has 0 saturated carbocycles. The van der Waals surface area contributed by atoms with Gasteiger partial charge in [-0.15, -0.1) is 0 Å². The highest BCUT2D eigenvalue weighted by atomic mass is 16.5. The number of hydrogen-bond acceptors (Lipinski definition) is 3. The molecule has 96 valence electrons. The van der Waals surface area contributed by atoms with Crippen molar-refractivity contribution in [1.82, 2.24) is 0 Å². The molecule has 0 unspecified atom stereocenters. The van der Waals surface area contributed by atoms with Crippen LogP contribution in [0, 0.1) is 0 Å². The quantitative estimate of drug-likeness (QED) is 0.844. The lowest BCUT2D eigenvalue weighted by molar-refractivity contribution is 0.239. The zero-order valence-corrected chi connectivity index (χ0v) is 10.5. The van der Waals surface area contributed by atoms with Crippen molar-refractivity contribution in [3.63, 3.8) is 0 Å². The second-order valence-corrected chi connectivity index (χ2v) is 4.32.